The van der Waals surface area contributed by atoms with Crippen LogP contribution in [-0.2, 0) is 19.4 Å². The Morgan fingerprint density at radius 3 is 2.50 bits per heavy atom. The number of aromatic nitrogens is 1. The van der Waals surface area contributed by atoms with E-state index in [2.05, 4.69) is 80.3 Å². The molecule has 1 aliphatic heterocycles. The SMILES string of the molecule is CCc1c(C)sc2c1CCN(Cc1nc(-c3ccc(C)cc3)oc1C)C2c1ccccc1. The minimum absolute atomic E-state index is 0.267. The van der Waals surface area contributed by atoms with Crippen molar-refractivity contribution in [3.63, 3.8) is 0 Å². The van der Waals surface area contributed by atoms with Crippen molar-refractivity contribution < 1.29 is 4.42 Å². The van der Waals surface area contributed by atoms with Gasteiger partial charge in [0, 0.05) is 28.4 Å². The lowest BCUT2D eigenvalue weighted by Crippen LogP contribution is -2.35. The fourth-order valence-corrected chi connectivity index (χ4v) is 6.38. The molecule has 2 aromatic heterocycles. The zero-order chi connectivity index (χ0) is 22.2. The van der Waals surface area contributed by atoms with E-state index in [4.69, 9.17) is 9.40 Å². The first-order valence-electron chi connectivity index (χ1n) is 11.5. The van der Waals surface area contributed by atoms with E-state index in [1.54, 1.807) is 11.1 Å². The second-order valence-corrected chi connectivity index (χ2v) is 10.0. The monoisotopic (exact) mass is 442 g/mol. The Kier molecular flexibility index (Phi) is 5.75. The van der Waals surface area contributed by atoms with Crippen molar-refractivity contribution in [2.24, 2.45) is 0 Å². The first kappa shape index (κ1) is 21.2. The molecule has 1 aliphatic rings. The molecular formula is C28H30N2OS. The summed E-state index contributed by atoms with van der Waals surface area (Å²) in [6.07, 6.45) is 2.22. The summed E-state index contributed by atoms with van der Waals surface area (Å²) < 4.78 is 6.10. The summed E-state index contributed by atoms with van der Waals surface area (Å²) in [5, 5.41) is 0. The van der Waals surface area contributed by atoms with Gasteiger partial charge in [-0.1, -0.05) is 55.0 Å². The van der Waals surface area contributed by atoms with Crippen molar-refractivity contribution in [1.82, 2.24) is 9.88 Å². The molecule has 2 aromatic carbocycles. The second kappa shape index (κ2) is 8.68. The average molecular weight is 443 g/mol. The molecule has 0 amide bonds. The van der Waals surface area contributed by atoms with Crippen LogP contribution >= 0.6 is 11.3 Å². The van der Waals surface area contributed by atoms with Crippen LogP contribution in [0.25, 0.3) is 11.5 Å². The molecule has 32 heavy (non-hydrogen) atoms. The lowest BCUT2D eigenvalue weighted by atomic mass is 9.91. The van der Waals surface area contributed by atoms with Crippen LogP contribution in [0.4, 0.5) is 0 Å². The normalized spacial score (nSPS) is 16.3. The van der Waals surface area contributed by atoms with E-state index in [0.29, 0.717) is 5.89 Å². The van der Waals surface area contributed by atoms with Gasteiger partial charge in [0.1, 0.15) is 5.76 Å². The van der Waals surface area contributed by atoms with Crippen molar-refractivity contribution in [2.45, 2.75) is 53.1 Å². The average Bonchev–Trinajstić information content (AvgIpc) is 3.33. The van der Waals surface area contributed by atoms with Gasteiger partial charge in [-0.2, -0.15) is 0 Å². The largest absolute Gasteiger partial charge is 0.441 e. The van der Waals surface area contributed by atoms with E-state index in [0.717, 1.165) is 42.9 Å². The van der Waals surface area contributed by atoms with Crippen LogP contribution in [0.1, 0.15) is 56.4 Å². The third kappa shape index (κ3) is 3.82. The topological polar surface area (TPSA) is 29.3 Å². The number of nitrogens with zero attached hydrogens (tertiary/aromatic N) is 2. The molecule has 0 saturated carbocycles. The third-order valence-electron chi connectivity index (χ3n) is 6.63. The molecular weight excluding hydrogens is 412 g/mol. The maximum absolute atomic E-state index is 6.10. The van der Waals surface area contributed by atoms with Gasteiger partial charge in [0.15, 0.2) is 0 Å². The summed E-state index contributed by atoms with van der Waals surface area (Å²) in [5.74, 6) is 1.63. The van der Waals surface area contributed by atoms with Gasteiger partial charge in [0.05, 0.1) is 11.7 Å². The molecule has 1 atom stereocenters. The summed E-state index contributed by atoms with van der Waals surface area (Å²) in [6, 6.07) is 19.6. The Morgan fingerprint density at radius 1 is 1.03 bits per heavy atom. The smallest absolute Gasteiger partial charge is 0.226 e. The molecule has 3 nitrogen and oxygen atoms in total. The summed E-state index contributed by atoms with van der Waals surface area (Å²) in [4.78, 5) is 10.5. The molecule has 0 saturated heterocycles. The predicted octanol–water partition coefficient (Wildman–Crippen LogP) is 7.04. The van der Waals surface area contributed by atoms with Gasteiger partial charge in [-0.15, -0.1) is 11.3 Å². The number of thiophene rings is 1. The van der Waals surface area contributed by atoms with Crippen LogP contribution in [0.5, 0.6) is 0 Å². The zero-order valence-corrected chi connectivity index (χ0v) is 20.1. The molecule has 4 aromatic rings. The molecule has 5 rings (SSSR count). The number of fused-ring (bicyclic) bond motifs is 1. The highest BCUT2D eigenvalue weighted by atomic mass is 32.1. The van der Waals surface area contributed by atoms with Gasteiger partial charge >= 0.3 is 0 Å². The van der Waals surface area contributed by atoms with E-state index in [1.807, 2.05) is 18.3 Å². The molecule has 0 aliphatic carbocycles. The lowest BCUT2D eigenvalue weighted by Gasteiger charge is -2.36. The number of oxazole rings is 1. The highest BCUT2D eigenvalue weighted by Gasteiger charge is 2.33. The number of aryl methyl sites for hydroxylation is 3. The maximum Gasteiger partial charge on any atom is 0.226 e. The zero-order valence-electron chi connectivity index (χ0n) is 19.3. The van der Waals surface area contributed by atoms with Crippen molar-refractivity contribution >= 4 is 11.3 Å². The fourth-order valence-electron chi connectivity index (χ4n) is 4.91. The van der Waals surface area contributed by atoms with Crippen LogP contribution in [-0.4, -0.2) is 16.4 Å². The summed E-state index contributed by atoms with van der Waals surface area (Å²) in [7, 11) is 0. The van der Waals surface area contributed by atoms with E-state index in [9.17, 15) is 0 Å². The van der Waals surface area contributed by atoms with Crippen molar-refractivity contribution in [3.05, 3.63) is 98.1 Å². The van der Waals surface area contributed by atoms with Gasteiger partial charge < -0.3 is 4.42 Å². The molecule has 0 N–H and O–H groups in total. The van der Waals surface area contributed by atoms with Crippen LogP contribution < -0.4 is 0 Å². The van der Waals surface area contributed by atoms with E-state index < -0.39 is 0 Å². The number of benzene rings is 2. The van der Waals surface area contributed by atoms with Crippen molar-refractivity contribution in [2.75, 3.05) is 6.54 Å². The van der Waals surface area contributed by atoms with E-state index in [1.165, 1.54) is 20.9 Å². The number of rotatable bonds is 5. The second-order valence-electron chi connectivity index (χ2n) is 8.75. The van der Waals surface area contributed by atoms with Gasteiger partial charge in [-0.3, -0.25) is 4.90 Å². The molecule has 3 heterocycles. The summed E-state index contributed by atoms with van der Waals surface area (Å²) >= 11 is 1.98. The van der Waals surface area contributed by atoms with Gasteiger partial charge in [-0.25, -0.2) is 4.98 Å². The minimum atomic E-state index is 0.267. The quantitative estimate of drug-likeness (QED) is 0.332. The molecule has 0 spiro atoms. The van der Waals surface area contributed by atoms with Gasteiger partial charge in [-0.05, 0) is 62.4 Å². The Hall–Kier alpha value is -2.69. The highest BCUT2D eigenvalue weighted by Crippen LogP contribution is 2.43. The minimum Gasteiger partial charge on any atom is -0.441 e. The first-order valence-corrected chi connectivity index (χ1v) is 12.3. The Balaban J connectivity index is 1.51. The Labute approximate surface area is 194 Å². The lowest BCUT2D eigenvalue weighted by molar-refractivity contribution is 0.204. The van der Waals surface area contributed by atoms with Crippen LogP contribution in [0.3, 0.4) is 0 Å². The first-order chi connectivity index (χ1) is 15.5. The van der Waals surface area contributed by atoms with E-state index in [-0.39, 0.29) is 6.04 Å². The Bertz CT molecular complexity index is 1220. The summed E-state index contributed by atoms with van der Waals surface area (Å²) in [5.41, 5.74) is 7.81. The highest BCUT2D eigenvalue weighted by molar-refractivity contribution is 7.12. The van der Waals surface area contributed by atoms with E-state index >= 15 is 0 Å². The van der Waals surface area contributed by atoms with Crippen molar-refractivity contribution in [3.8, 4) is 11.5 Å². The fraction of sp³-hybridized carbons (Fsp3) is 0.321. The van der Waals surface area contributed by atoms with Crippen molar-refractivity contribution in [1.29, 1.82) is 0 Å². The molecule has 0 radical (unpaired) electrons. The molecule has 164 valence electrons. The molecule has 4 heteroatoms. The van der Waals surface area contributed by atoms with Crippen LogP contribution in [0, 0.1) is 20.8 Å². The molecule has 0 fully saturated rings. The Morgan fingerprint density at radius 2 is 1.78 bits per heavy atom. The molecule has 1 unspecified atom stereocenters. The van der Waals surface area contributed by atoms with Crippen LogP contribution in [0.2, 0.25) is 0 Å². The van der Waals surface area contributed by atoms with Gasteiger partial charge in [0.2, 0.25) is 5.89 Å². The number of hydrogen-bond donors (Lipinski definition) is 0. The number of hydrogen-bond acceptors (Lipinski definition) is 4. The van der Waals surface area contributed by atoms with Crippen LogP contribution in [0.15, 0.2) is 59.0 Å². The maximum atomic E-state index is 6.10. The third-order valence-corrected chi connectivity index (χ3v) is 7.87. The summed E-state index contributed by atoms with van der Waals surface area (Å²) in [6.45, 7) is 10.5. The standard InChI is InChI=1S/C28H30N2OS/c1-5-23-20(4)32-27-24(23)15-16-30(26(27)21-9-7-6-8-10-21)17-25-19(3)31-28(29-25)22-13-11-18(2)12-14-22/h6-14,26H,5,15-17H2,1-4H3. The molecule has 0 bridgehead atoms. The predicted molar refractivity (Wildman–Crippen MR) is 132 cm³/mol. The van der Waals surface area contributed by atoms with Gasteiger partial charge in [0.25, 0.3) is 0 Å².